The van der Waals surface area contributed by atoms with Crippen LogP contribution in [0.1, 0.15) is 65.6 Å². The van der Waals surface area contributed by atoms with E-state index in [1.54, 1.807) is 12.1 Å². The van der Waals surface area contributed by atoms with Crippen molar-refractivity contribution in [3.8, 4) is 0 Å². The Bertz CT molecular complexity index is 1000. The van der Waals surface area contributed by atoms with E-state index in [2.05, 4.69) is 31.2 Å². The Labute approximate surface area is 195 Å². The van der Waals surface area contributed by atoms with Gasteiger partial charge in [0.2, 0.25) is 5.91 Å². The highest BCUT2D eigenvalue weighted by molar-refractivity contribution is 5.87. The standard InChI is InChI=1S/C28H33NO4/c1-20-4-10-23(11-5-20)28(17-2-3-18-28)25(30)14-12-24-13-15-26(31)29(24)19-16-21-6-8-22(9-7-21)27(32)33/h4-12,14,24-25,30H,2-3,13,15-19H2,1H3,(H,32,33)/t24-,25+/m0/s1. The van der Waals surface area contributed by atoms with E-state index in [0.29, 0.717) is 19.4 Å². The summed E-state index contributed by atoms with van der Waals surface area (Å²) >= 11 is 0. The lowest BCUT2D eigenvalue weighted by Gasteiger charge is -2.34. The summed E-state index contributed by atoms with van der Waals surface area (Å²) in [6.45, 7) is 2.66. The zero-order chi connectivity index (χ0) is 23.4. The summed E-state index contributed by atoms with van der Waals surface area (Å²) in [5.74, 6) is -0.805. The van der Waals surface area contributed by atoms with E-state index in [1.807, 2.05) is 29.2 Å². The van der Waals surface area contributed by atoms with Crippen molar-refractivity contribution in [2.75, 3.05) is 6.54 Å². The lowest BCUT2D eigenvalue weighted by Crippen LogP contribution is -2.37. The summed E-state index contributed by atoms with van der Waals surface area (Å²) in [6.07, 6.45) is 9.50. The fourth-order valence-electron chi connectivity index (χ4n) is 5.37. The number of aliphatic hydroxyl groups excluding tert-OH is 1. The van der Waals surface area contributed by atoms with Gasteiger partial charge in [0.25, 0.3) is 0 Å². The van der Waals surface area contributed by atoms with Crippen LogP contribution in [0.15, 0.2) is 60.7 Å². The highest BCUT2D eigenvalue weighted by atomic mass is 16.4. The van der Waals surface area contributed by atoms with Crippen LogP contribution < -0.4 is 0 Å². The number of aromatic carboxylic acids is 1. The molecule has 33 heavy (non-hydrogen) atoms. The quantitative estimate of drug-likeness (QED) is 0.577. The molecule has 4 rings (SSSR count). The van der Waals surface area contributed by atoms with Gasteiger partial charge in [0.1, 0.15) is 0 Å². The van der Waals surface area contributed by atoms with E-state index in [-0.39, 0.29) is 22.9 Å². The van der Waals surface area contributed by atoms with Crippen molar-refractivity contribution in [3.63, 3.8) is 0 Å². The zero-order valence-electron chi connectivity index (χ0n) is 19.2. The molecule has 2 aliphatic rings. The molecular formula is C28H33NO4. The molecule has 2 fully saturated rings. The summed E-state index contributed by atoms with van der Waals surface area (Å²) < 4.78 is 0. The number of carbonyl (C=O) groups excluding carboxylic acids is 1. The number of carbonyl (C=O) groups is 2. The van der Waals surface area contributed by atoms with Crippen LogP contribution in [-0.2, 0) is 16.6 Å². The van der Waals surface area contributed by atoms with Gasteiger partial charge in [0, 0.05) is 18.4 Å². The van der Waals surface area contributed by atoms with Crippen molar-refractivity contribution in [2.45, 2.75) is 69.4 Å². The Morgan fingerprint density at radius 1 is 1.12 bits per heavy atom. The molecule has 5 heteroatoms. The van der Waals surface area contributed by atoms with E-state index in [4.69, 9.17) is 5.11 Å². The number of aryl methyl sites for hydroxylation is 1. The third-order valence-electron chi connectivity index (χ3n) is 7.42. The first kappa shape index (κ1) is 23.2. The fraction of sp³-hybridized carbons (Fsp3) is 0.429. The molecular weight excluding hydrogens is 414 g/mol. The molecule has 0 bridgehead atoms. The van der Waals surface area contributed by atoms with Crippen LogP contribution in [0.3, 0.4) is 0 Å². The van der Waals surface area contributed by atoms with Gasteiger partial charge in [0.05, 0.1) is 17.7 Å². The number of hydrogen-bond donors (Lipinski definition) is 2. The maximum absolute atomic E-state index is 12.5. The molecule has 1 amide bonds. The van der Waals surface area contributed by atoms with E-state index in [1.165, 1.54) is 11.1 Å². The van der Waals surface area contributed by atoms with Gasteiger partial charge in [-0.3, -0.25) is 4.79 Å². The molecule has 0 aromatic heterocycles. The van der Waals surface area contributed by atoms with Gasteiger partial charge >= 0.3 is 5.97 Å². The van der Waals surface area contributed by atoms with Crippen molar-refractivity contribution in [1.29, 1.82) is 0 Å². The third-order valence-corrected chi connectivity index (χ3v) is 7.42. The molecule has 174 valence electrons. The predicted octanol–water partition coefficient (Wildman–Crippen LogP) is 4.66. The average molecular weight is 448 g/mol. The van der Waals surface area contributed by atoms with Crippen molar-refractivity contribution < 1.29 is 19.8 Å². The van der Waals surface area contributed by atoms with Crippen molar-refractivity contribution in [3.05, 3.63) is 82.9 Å². The van der Waals surface area contributed by atoms with Crippen LogP contribution in [-0.4, -0.2) is 45.7 Å². The van der Waals surface area contributed by atoms with Gasteiger partial charge in [-0.05, 0) is 55.9 Å². The van der Waals surface area contributed by atoms with Crippen molar-refractivity contribution >= 4 is 11.9 Å². The van der Waals surface area contributed by atoms with Crippen LogP contribution in [0, 0.1) is 6.92 Å². The van der Waals surface area contributed by atoms with Crippen LogP contribution in [0.2, 0.25) is 0 Å². The molecule has 1 heterocycles. The SMILES string of the molecule is Cc1ccc(C2([C@H](O)C=C[C@H]3CCC(=O)N3CCc3ccc(C(=O)O)cc3)CCCC2)cc1. The minimum atomic E-state index is -0.939. The second kappa shape index (κ2) is 9.92. The normalized spacial score (nSPS) is 21.1. The number of likely N-dealkylation sites (tertiary alicyclic amines) is 1. The van der Waals surface area contributed by atoms with Crippen LogP contribution in [0.25, 0.3) is 0 Å². The number of nitrogens with zero attached hydrogens (tertiary/aromatic N) is 1. The summed E-state index contributed by atoms with van der Waals surface area (Å²) in [7, 11) is 0. The number of carboxylic acids is 1. The van der Waals surface area contributed by atoms with Gasteiger partial charge in [-0.25, -0.2) is 4.79 Å². The molecule has 2 aromatic carbocycles. The predicted molar refractivity (Wildman–Crippen MR) is 128 cm³/mol. The lowest BCUT2D eigenvalue weighted by molar-refractivity contribution is -0.128. The molecule has 1 saturated carbocycles. The van der Waals surface area contributed by atoms with Crippen molar-refractivity contribution in [2.24, 2.45) is 0 Å². The first-order valence-electron chi connectivity index (χ1n) is 11.9. The molecule has 1 aliphatic carbocycles. The molecule has 1 saturated heterocycles. The monoisotopic (exact) mass is 447 g/mol. The minimum absolute atomic E-state index is 0.0121. The Morgan fingerprint density at radius 2 is 1.79 bits per heavy atom. The number of aliphatic hydroxyl groups is 1. The molecule has 2 aromatic rings. The maximum Gasteiger partial charge on any atom is 0.335 e. The Morgan fingerprint density at radius 3 is 2.42 bits per heavy atom. The first-order valence-corrected chi connectivity index (χ1v) is 11.9. The summed E-state index contributed by atoms with van der Waals surface area (Å²) in [5, 5.41) is 20.3. The summed E-state index contributed by atoms with van der Waals surface area (Å²) in [4.78, 5) is 25.4. The molecule has 2 atom stereocenters. The van der Waals surface area contributed by atoms with E-state index in [9.17, 15) is 14.7 Å². The van der Waals surface area contributed by atoms with E-state index in [0.717, 1.165) is 37.7 Å². The maximum atomic E-state index is 12.5. The van der Waals surface area contributed by atoms with E-state index < -0.39 is 12.1 Å². The van der Waals surface area contributed by atoms with E-state index >= 15 is 0 Å². The Balaban J connectivity index is 1.43. The van der Waals surface area contributed by atoms with Gasteiger partial charge < -0.3 is 15.1 Å². The van der Waals surface area contributed by atoms with Gasteiger partial charge in [-0.15, -0.1) is 0 Å². The molecule has 5 nitrogen and oxygen atoms in total. The van der Waals surface area contributed by atoms with Gasteiger partial charge in [-0.2, -0.15) is 0 Å². The highest BCUT2D eigenvalue weighted by Crippen LogP contribution is 2.44. The largest absolute Gasteiger partial charge is 0.478 e. The average Bonchev–Trinajstić information content (AvgIpc) is 3.44. The number of rotatable bonds is 8. The Hall–Kier alpha value is -2.92. The molecule has 2 N–H and O–H groups in total. The second-order valence-electron chi connectivity index (χ2n) is 9.50. The van der Waals surface area contributed by atoms with Crippen LogP contribution >= 0.6 is 0 Å². The fourth-order valence-corrected chi connectivity index (χ4v) is 5.37. The molecule has 0 radical (unpaired) electrons. The summed E-state index contributed by atoms with van der Waals surface area (Å²) in [6, 6.07) is 15.3. The summed E-state index contributed by atoms with van der Waals surface area (Å²) in [5.41, 5.74) is 3.44. The molecule has 0 unspecified atom stereocenters. The number of hydrogen-bond acceptors (Lipinski definition) is 3. The first-order chi connectivity index (χ1) is 15.9. The Kier molecular flexibility index (Phi) is 6.99. The topological polar surface area (TPSA) is 77.8 Å². The smallest absolute Gasteiger partial charge is 0.335 e. The molecule has 0 spiro atoms. The second-order valence-corrected chi connectivity index (χ2v) is 9.50. The molecule has 1 aliphatic heterocycles. The van der Waals surface area contributed by atoms with Gasteiger partial charge in [0.15, 0.2) is 0 Å². The van der Waals surface area contributed by atoms with Crippen molar-refractivity contribution in [1.82, 2.24) is 4.90 Å². The number of amides is 1. The third kappa shape index (κ3) is 5.03. The lowest BCUT2D eigenvalue weighted by atomic mass is 9.73. The minimum Gasteiger partial charge on any atom is -0.478 e. The number of carboxylic acid groups (broad SMARTS) is 1. The van der Waals surface area contributed by atoms with Crippen LogP contribution in [0.5, 0.6) is 0 Å². The van der Waals surface area contributed by atoms with Crippen LogP contribution in [0.4, 0.5) is 0 Å². The highest BCUT2D eigenvalue weighted by Gasteiger charge is 2.41. The zero-order valence-corrected chi connectivity index (χ0v) is 19.2. The number of benzene rings is 2. The van der Waals surface area contributed by atoms with Gasteiger partial charge in [-0.1, -0.05) is 67.0 Å².